The summed E-state index contributed by atoms with van der Waals surface area (Å²) in [7, 11) is 0. The Morgan fingerprint density at radius 1 is 1.44 bits per heavy atom. The highest BCUT2D eigenvalue weighted by Crippen LogP contribution is 2.30. The third kappa shape index (κ3) is 4.71. The summed E-state index contributed by atoms with van der Waals surface area (Å²) in [6.07, 6.45) is 1.03. The van der Waals surface area contributed by atoms with E-state index in [2.05, 4.69) is 8.75 Å². The molecule has 0 bridgehead atoms. The molecular formula is C20H21FN4O6S. The van der Waals surface area contributed by atoms with Gasteiger partial charge in [0.15, 0.2) is 12.2 Å². The summed E-state index contributed by atoms with van der Waals surface area (Å²) < 4.78 is 33.3. The summed E-state index contributed by atoms with van der Waals surface area (Å²) in [5, 5.41) is 18.4. The number of rotatable bonds is 7. The molecule has 2 aromatic rings. The fraction of sp³-hybridized carbons (Fsp3) is 0.400. The van der Waals surface area contributed by atoms with Gasteiger partial charge in [0, 0.05) is 18.7 Å². The Labute approximate surface area is 186 Å². The fourth-order valence-corrected chi connectivity index (χ4v) is 3.92. The van der Waals surface area contributed by atoms with Crippen molar-refractivity contribution in [2.75, 3.05) is 37.7 Å². The van der Waals surface area contributed by atoms with Gasteiger partial charge in [0.05, 0.1) is 30.6 Å². The van der Waals surface area contributed by atoms with Gasteiger partial charge in [0.2, 0.25) is 5.88 Å². The van der Waals surface area contributed by atoms with Crippen LogP contribution in [0.3, 0.4) is 0 Å². The molecular weight excluding hydrogens is 443 g/mol. The first-order chi connectivity index (χ1) is 15.5. The zero-order valence-electron chi connectivity index (χ0n) is 16.9. The molecule has 1 fully saturated rings. The smallest absolute Gasteiger partial charge is 0.414 e. The summed E-state index contributed by atoms with van der Waals surface area (Å²) in [5.41, 5.74) is 1.48. The Bertz CT molecular complexity index is 1020. The van der Waals surface area contributed by atoms with Crippen LogP contribution in [0.1, 0.15) is 12.0 Å². The van der Waals surface area contributed by atoms with E-state index in [0.717, 1.165) is 17.3 Å². The molecule has 3 heterocycles. The Morgan fingerprint density at radius 3 is 2.94 bits per heavy atom. The van der Waals surface area contributed by atoms with Crippen LogP contribution in [0.4, 0.5) is 14.9 Å². The second kappa shape index (κ2) is 9.59. The van der Waals surface area contributed by atoms with E-state index in [0.29, 0.717) is 30.1 Å². The fourth-order valence-electron chi connectivity index (χ4n) is 3.55. The zero-order chi connectivity index (χ0) is 22.7. The highest BCUT2D eigenvalue weighted by molar-refractivity contribution is 6.99. The Hall–Kier alpha value is -3.09. The third-order valence-electron chi connectivity index (χ3n) is 5.22. The number of aromatic nitrogens is 2. The number of hydrogen-bond donors (Lipinski definition) is 2. The Morgan fingerprint density at radius 2 is 2.28 bits per heavy atom. The monoisotopic (exact) mass is 464 g/mol. The minimum absolute atomic E-state index is 0.112. The van der Waals surface area contributed by atoms with Crippen LogP contribution in [0.2, 0.25) is 0 Å². The van der Waals surface area contributed by atoms with E-state index < -0.39 is 36.6 Å². The highest BCUT2D eigenvalue weighted by Gasteiger charge is 2.33. The Kier molecular flexibility index (Phi) is 6.63. The summed E-state index contributed by atoms with van der Waals surface area (Å²) >= 11 is 1.01. The van der Waals surface area contributed by atoms with E-state index in [1.54, 1.807) is 18.2 Å². The third-order valence-corrected chi connectivity index (χ3v) is 5.68. The van der Waals surface area contributed by atoms with Crippen LogP contribution >= 0.6 is 11.7 Å². The normalized spacial score (nSPS) is 19.5. The summed E-state index contributed by atoms with van der Waals surface area (Å²) in [6.45, 7) is 0.193. The van der Waals surface area contributed by atoms with Crippen LogP contribution in [0.25, 0.3) is 5.57 Å². The van der Waals surface area contributed by atoms with Crippen molar-refractivity contribution < 1.29 is 33.7 Å². The molecule has 170 valence electrons. The lowest BCUT2D eigenvalue weighted by atomic mass is 9.98. The van der Waals surface area contributed by atoms with Crippen LogP contribution in [0.15, 0.2) is 30.5 Å². The second-order valence-corrected chi connectivity index (χ2v) is 7.86. The summed E-state index contributed by atoms with van der Waals surface area (Å²) in [4.78, 5) is 26.9. The number of hydrogen-bond acceptors (Lipinski definition) is 9. The lowest BCUT2D eigenvalue weighted by Crippen LogP contribution is -2.42. The number of cyclic esters (lactones) is 1. The predicted octanol–water partition coefficient (Wildman–Crippen LogP) is 1.05. The average molecular weight is 464 g/mol. The van der Waals surface area contributed by atoms with Crippen LogP contribution in [0, 0.1) is 5.82 Å². The molecule has 10 nitrogen and oxygen atoms in total. The molecule has 2 aliphatic heterocycles. The van der Waals surface area contributed by atoms with Gasteiger partial charge in [-0.15, -0.1) is 4.37 Å². The first-order valence-electron chi connectivity index (χ1n) is 9.91. The number of aliphatic hydroxyl groups is 2. The number of aliphatic hydroxyl groups excluding tert-OH is 2. The van der Waals surface area contributed by atoms with Gasteiger partial charge in [-0.2, -0.15) is 4.37 Å². The predicted molar refractivity (Wildman–Crippen MR) is 112 cm³/mol. The molecule has 0 aliphatic carbocycles. The number of carbonyl (C=O) groups excluding carboxylic acids is 2. The standard InChI is InChI=1S/C20H21FN4O6S/c21-16-7-13(25-9-14(31-20(25)29)11-30-18-8-22-32-23-18)1-2-15(16)12-3-5-24(6-4-12)19(28)17(27)10-26/h1-3,7-8,14,17,26-27H,4-6,9-11H2/t14-,17+/m1/s1. The van der Waals surface area contributed by atoms with Crippen LogP contribution in [-0.2, 0) is 9.53 Å². The molecule has 32 heavy (non-hydrogen) atoms. The van der Waals surface area contributed by atoms with Crippen molar-refractivity contribution in [3.8, 4) is 5.88 Å². The van der Waals surface area contributed by atoms with E-state index in [1.165, 1.54) is 22.1 Å². The largest absolute Gasteiger partial charge is 0.472 e. The molecule has 2 N–H and O–H groups in total. The molecule has 0 unspecified atom stereocenters. The van der Waals surface area contributed by atoms with Crippen LogP contribution in [0.5, 0.6) is 5.88 Å². The van der Waals surface area contributed by atoms with Gasteiger partial charge < -0.3 is 24.6 Å². The SMILES string of the molecule is O=C([C@@H](O)CO)N1CC=C(c2ccc(N3C[C@H](COc4cnsn4)OC3=O)cc2F)CC1. The van der Waals surface area contributed by atoms with Crippen molar-refractivity contribution in [2.24, 2.45) is 0 Å². The topological polar surface area (TPSA) is 125 Å². The quantitative estimate of drug-likeness (QED) is 0.623. The molecule has 2 atom stereocenters. The molecule has 0 radical (unpaired) electrons. The number of halogens is 1. The van der Waals surface area contributed by atoms with Crippen LogP contribution in [-0.4, -0.2) is 80.9 Å². The molecule has 1 aromatic heterocycles. The zero-order valence-corrected chi connectivity index (χ0v) is 17.7. The van der Waals surface area contributed by atoms with Gasteiger partial charge in [0.25, 0.3) is 5.91 Å². The van der Waals surface area contributed by atoms with Gasteiger partial charge in [-0.25, -0.2) is 9.18 Å². The van der Waals surface area contributed by atoms with Crippen molar-refractivity contribution in [1.82, 2.24) is 13.6 Å². The van der Waals surface area contributed by atoms with E-state index in [9.17, 15) is 19.1 Å². The van der Waals surface area contributed by atoms with Crippen LogP contribution < -0.4 is 9.64 Å². The van der Waals surface area contributed by atoms with E-state index in [-0.39, 0.29) is 19.7 Å². The van der Waals surface area contributed by atoms with Gasteiger partial charge in [-0.05, 0) is 30.2 Å². The van der Waals surface area contributed by atoms with Gasteiger partial charge in [-0.1, -0.05) is 6.08 Å². The first kappa shape index (κ1) is 22.1. The molecule has 1 saturated heterocycles. The van der Waals surface area contributed by atoms with Gasteiger partial charge in [-0.3, -0.25) is 9.69 Å². The number of nitrogens with zero attached hydrogens (tertiary/aromatic N) is 4. The van der Waals surface area contributed by atoms with E-state index >= 15 is 0 Å². The van der Waals surface area contributed by atoms with E-state index in [4.69, 9.17) is 14.6 Å². The van der Waals surface area contributed by atoms with Gasteiger partial charge >= 0.3 is 6.09 Å². The molecule has 4 rings (SSSR count). The lowest BCUT2D eigenvalue weighted by Gasteiger charge is -2.28. The number of benzene rings is 1. The van der Waals surface area contributed by atoms with Crippen molar-refractivity contribution in [1.29, 1.82) is 0 Å². The molecule has 1 aromatic carbocycles. The molecule has 0 spiro atoms. The molecule has 2 aliphatic rings. The van der Waals surface area contributed by atoms with Gasteiger partial charge in [0.1, 0.15) is 18.6 Å². The number of amides is 2. The van der Waals surface area contributed by atoms with Crippen molar-refractivity contribution in [3.63, 3.8) is 0 Å². The summed E-state index contributed by atoms with van der Waals surface area (Å²) in [5.74, 6) is -0.701. The summed E-state index contributed by atoms with van der Waals surface area (Å²) in [6, 6.07) is 4.51. The maximum absolute atomic E-state index is 14.9. The van der Waals surface area contributed by atoms with Crippen molar-refractivity contribution in [2.45, 2.75) is 18.6 Å². The molecule has 2 amide bonds. The molecule has 12 heteroatoms. The number of ether oxygens (including phenoxy) is 2. The van der Waals surface area contributed by atoms with E-state index in [1.807, 2.05) is 0 Å². The Balaban J connectivity index is 1.39. The number of carbonyl (C=O) groups is 2. The first-order valence-corrected chi connectivity index (χ1v) is 10.6. The highest BCUT2D eigenvalue weighted by atomic mass is 32.1. The second-order valence-electron chi connectivity index (χ2n) is 7.30. The minimum Gasteiger partial charge on any atom is -0.472 e. The molecule has 0 saturated carbocycles. The van der Waals surface area contributed by atoms with Crippen molar-refractivity contribution in [3.05, 3.63) is 41.9 Å². The number of anilines is 1. The lowest BCUT2D eigenvalue weighted by molar-refractivity contribution is -0.141. The maximum atomic E-state index is 14.9. The van der Waals surface area contributed by atoms with Crippen molar-refractivity contribution >= 4 is 35.0 Å². The maximum Gasteiger partial charge on any atom is 0.414 e. The average Bonchev–Trinajstić information content (AvgIpc) is 3.46. The minimum atomic E-state index is -1.45.